The summed E-state index contributed by atoms with van der Waals surface area (Å²) < 4.78 is 0. The van der Waals surface area contributed by atoms with Gasteiger partial charge in [0.05, 0.1) is 6.07 Å². The van der Waals surface area contributed by atoms with Crippen LogP contribution in [0.4, 0.5) is 0 Å². The molecule has 84 valence electrons. The lowest BCUT2D eigenvalue weighted by Gasteiger charge is -2.26. The summed E-state index contributed by atoms with van der Waals surface area (Å²) in [6.45, 7) is 8.17. The van der Waals surface area contributed by atoms with Crippen LogP contribution in [0.1, 0.15) is 40.0 Å². The third-order valence-electron chi connectivity index (χ3n) is 3.16. The van der Waals surface area contributed by atoms with E-state index in [-0.39, 0.29) is 11.3 Å². The number of carbonyl (C=O) groups excluding carboxylic acids is 1. The Labute approximate surface area is 92.1 Å². The number of hydrogen-bond acceptors (Lipinski definition) is 2. The fourth-order valence-corrected chi connectivity index (χ4v) is 1.92. The average molecular weight is 208 g/mol. The Morgan fingerprint density at radius 1 is 1.53 bits per heavy atom. The number of rotatable bonds is 3. The summed E-state index contributed by atoms with van der Waals surface area (Å²) in [4.78, 5) is 13.6. The molecular weight excluding hydrogens is 188 g/mol. The summed E-state index contributed by atoms with van der Waals surface area (Å²) in [6.07, 6.45) is 2.03. The van der Waals surface area contributed by atoms with Crippen LogP contribution >= 0.6 is 0 Å². The lowest BCUT2D eigenvalue weighted by atomic mass is 9.80. The quantitative estimate of drug-likeness (QED) is 0.667. The molecule has 0 saturated carbocycles. The van der Waals surface area contributed by atoms with Crippen LogP contribution < -0.4 is 0 Å². The first-order valence-electron chi connectivity index (χ1n) is 5.60. The first kappa shape index (κ1) is 12.0. The third-order valence-corrected chi connectivity index (χ3v) is 3.16. The van der Waals surface area contributed by atoms with E-state index in [0.29, 0.717) is 18.8 Å². The van der Waals surface area contributed by atoms with Crippen LogP contribution in [-0.4, -0.2) is 23.9 Å². The van der Waals surface area contributed by atoms with Crippen LogP contribution in [0, 0.1) is 22.7 Å². The molecule has 1 aliphatic heterocycles. The number of amides is 1. The van der Waals surface area contributed by atoms with Gasteiger partial charge in [-0.3, -0.25) is 4.79 Å². The van der Waals surface area contributed by atoms with Crippen molar-refractivity contribution in [3.05, 3.63) is 0 Å². The van der Waals surface area contributed by atoms with Gasteiger partial charge in [-0.2, -0.15) is 5.26 Å². The number of hydrogen-bond donors (Lipinski definition) is 0. The van der Waals surface area contributed by atoms with Gasteiger partial charge in [0.15, 0.2) is 0 Å². The Kier molecular flexibility index (Phi) is 3.73. The highest BCUT2D eigenvalue weighted by Crippen LogP contribution is 2.34. The third kappa shape index (κ3) is 3.23. The molecular formula is C12H20N2O. The lowest BCUT2D eigenvalue weighted by molar-refractivity contribution is -0.127. The number of unbranched alkanes of at least 4 members (excludes halogenated alkanes) is 1. The van der Waals surface area contributed by atoms with Crippen molar-refractivity contribution in [1.82, 2.24) is 4.90 Å². The predicted octanol–water partition coefficient (Wildman–Crippen LogP) is 2.18. The zero-order chi connectivity index (χ0) is 11.5. The van der Waals surface area contributed by atoms with E-state index in [1.54, 1.807) is 0 Å². The van der Waals surface area contributed by atoms with Gasteiger partial charge in [0.1, 0.15) is 0 Å². The first-order valence-corrected chi connectivity index (χ1v) is 5.60. The van der Waals surface area contributed by atoms with Gasteiger partial charge >= 0.3 is 0 Å². The van der Waals surface area contributed by atoms with Crippen molar-refractivity contribution in [2.75, 3.05) is 13.1 Å². The summed E-state index contributed by atoms with van der Waals surface area (Å²) in [5, 5.41) is 8.43. The predicted molar refractivity (Wildman–Crippen MR) is 59.0 cm³/mol. The van der Waals surface area contributed by atoms with E-state index in [0.717, 1.165) is 19.5 Å². The van der Waals surface area contributed by atoms with Crippen molar-refractivity contribution in [2.24, 2.45) is 11.3 Å². The first-order chi connectivity index (χ1) is 6.95. The van der Waals surface area contributed by atoms with Crippen LogP contribution in [0.2, 0.25) is 0 Å². The maximum absolute atomic E-state index is 11.7. The Balaban J connectivity index is 2.44. The van der Waals surface area contributed by atoms with Gasteiger partial charge in [-0.25, -0.2) is 0 Å². The molecule has 1 amide bonds. The van der Waals surface area contributed by atoms with Gasteiger partial charge in [-0.05, 0) is 17.8 Å². The lowest BCUT2D eigenvalue weighted by Crippen LogP contribution is -2.28. The molecule has 1 rings (SSSR count). The molecule has 1 heterocycles. The molecule has 0 aromatic heterocycles. The Morgan fingerprint density at radius 3 is 2.67 bits per heavy atom. The second kappa shape index (κ2) is 4.65. The SMILES string of the molecule is CC(C)(C)C1CC(=O)N(CCCC#N)C1. The second-order valence-corrected chi connectivity index (χ2v) is 5.37. The van der Waals surface area contributed by atoms with Gasteiger partial charge in [-0.1, -0.05) is 20.8 Å². The Morgan fingerprint density at radius 2 is 2.20 bits per heavy atom. The monoisotopic (exact) mass is 208 g/mol. The van der Waals surface area contributed by atoms with Crippen molar-refractivity contribution in [3.63, 3.8) is 0 Å². The maximum Gasteiger partial charge on any atom is 0.222 e. The fourth-order valence-electron chi connectivity index (χ4n) is 1.92. The van der Waals surface area contributed by atoms with Crippen molar-refractivity contribution in [3.8, 4) is 6.07 Å². The molecule has 0 bridgehead atoms. The van der Waals surface area contributed by atoms with Crippen LogP contribution in [-0.2, 0) is 4.79 Å². The summed E-state index contributed by atoms with van der Waals surface area (Å²) in [5.41, 5.74) is 0.208. The van der Waals surface area contributed by atoms with Crippen LogP contribution in [0.3, 0.4) is 0 Å². The Hall–Kier alpha value is -1.04. The summed E-state index contributed by atoms with van der Waals surface area (Å²) in [6, 6.07) is 2.11. The topological polar surface area (TPSA) is 44.1 Å². The number of carbonyl (C=O) groups is 1. The molecule has 3 nitrogen and oxygen atoms in total. The van der Waals surface area contributed by atoms with Crippen LogP contribution in [0.25, 0.3) is 0 Å². The van der Waals surface area contributed by atoms with Crippen LogP contribution in [0.5, 0.6) is 0 Å². The minimum Gasteiger partial charge on any atom is -0.342 e. The molecule has 0 aromatic rings. The number of nitriles is 1. The molecule has 0 radical (unpaired) electrons. The molecule has 1 fully saturated rings. The minimum atomic E-state index is 0.208. The van der Waals surface area contributed by atoms with Gasteiger partial charge in [0.25, 0.3) is 0 Å². The van der Waals surface area contributed by atoms with Gasteiger partial charge in [0.2, 0.25) is 5.91 Å². The van der Waals surface area contributed by atoms with E-state index in [2.05, 4.69) is 26.8 Å². The van der Waals surface area contributed by atoms with Crippen molar-refractivity contribution in [1.29, 1.82) is 5.26 Å². The largest absolute Gasteiger partial charge is 0.342 e. The fraction of sp³-hybridized carbons (Fsp3) is 0.833. The molecule has 3 heteroatoms. The van der Waals surface area contributed by atoms with E-state index in [9.17, 15) is 4.79 Å². The van der Waals surface area contributed by atoms with E-state index >= 15 is 0 Å². The summed E-state index contributed by atoms with van der Waals surface area (Å²) >= 11 is 0. The smallest absolute Gasteiger partial charge is 0.222 e. The van der Waals surface area contributed by atoms with Gasteiger partial charge < -0.3 is 4.90 Å². The number of nitrogens with zero attached hydrogens (tertiary/aromatic N) is 2. The molecule has 1 saturated heterocycles. The highest BCUT2D eigenvalue weighted by molar-refractivity contribution is 5.78. The van der Waals surface area contributed by atoms with Crippen LogP contribution in [0.15, 0.2) is 0 Å². The van der Waals surface area contributed by atoms with E-state index in [1.807, 2.05) is 4.90 Å². The summed E-state index contributed by atoms with van der Waals surface area (Å²) in [5.74, 6) is 0.722. The molecule has 0 N–H and O–H groups in total. The molecule has 1 unspecified atom stereocenters. The second-order valence-electron chi connectivity index (χ2n) is 5.37. The van der Waals surface area contributed by atoms with E-state index in [4.69, 9.17) is 5.26 Å². The van der Waals surface area contributed by atoms with Gasteiger partial charge in [0, 0.05) is 25.9 Å². The van der Waals surface area contributed by atoms with E-state index in [1.165, 1.54) is 0 Å². The standard InChI is InChI=1S/C12H20N2O/c1-12(2,3)10-8-11(15)14(9-10)7-5-4-6-13/h10H,4-5,7-9H2,1-3H3. The average Bonchev–Trinajstić information content (AvgIpc) is 2.48. The zero-order valence-corrected chi connectivity index (χ0v) is 9.92. The zero-order valence-electron chi connectivity index (χ0n) is 9.92. The van der Waals surface area contributed by atoms with Crippen molar-refractivity contribution >= 4 is 5.91 Å². The van der Waals surface area contributed by atoms with E-state index < -0.39 is 0 Å². The molecule has 0 aliphatic carbocycles. The molecule has 15 heavy (non-hydrogen) atoms. The normalized spacial score (nSPS) is 21.9. The highest BCUT2D eigenvalue weighted by Gasteiger charge is 2.36. The highest BCUT2D eigenvalue weighted by atomic mass is 16.2. The minimum absolute atomic E-state index is 0.208. The van der Waals surface area contributed by atoms with Gasteiger partial charge in [-0.15, -0.1) is 0 Å². The molecule has 1 atom stereocenters. The number of likely N-dealkylation sites (tertiary alicyclic amines) is 1. The van der Waals surface area contributed by atoms with Crippen molar-refractivity contribution < 1.29 is 4.79 Å². The summed E-state index contributed by atoms with van der Waals surface area (Å²) in [7, 11) is 0. The Bertz CT molecular complexity index is 272. The molecule has 1 aliphatic rings. The van der Waals surface area contributed by atoms with Crippen molar-refractivity contribution in [2.45, 2.75) is 40.0 Å². The molecule has 0 aromatic carbocycles. The maximum atomic E-state index is 11.7. The molecule has 0 spiro atoms.